The predicted molar refractivity (Wildman–Crippen MR) is 107 cm³/mol. The Morgan fingerprint density at radius 1 is 1.13 bits per heavy atom. The fraction of sp³-hybridized carbons (Fsp3) is 0.409. The number of aliphatic hydroxyl groups is 1. The number of carbonyl (C=O) groups excluding carboxylic acids is 1. The van der Waals surface area contributed by atoms with Crippen molar-refractivity contribution in [3.8, 4) is 5.75 Å². The molecule has 1 unspecified atom stereocenters. The largest absolute Gasteiger partial charge is 0.496 e. The molecule has 2 aromatic rings. The van der Waals surface area contributed by atoms with E-state index >= 15 is 0 Å². The summed E-state index contributed by atoms with van der Waals surface area (Å²) in [7, 11) is 1.33. The summed E-state index contributed by atoms with van der Waals surface area (Å²) in [5.41, 5.74) is -3.96. The second-order valence-electron chi connectivity index (χ2n) is 7.97. The first kappa shape index (κ1) is 24.2. The molecule has 0 aliphatic carbocycles. The zero-order chi connectivity index (χ0) is 22.9. The number of rotatable bonds is 7. The number of ketones is 1. The van der Waals surface area contributed by atoms with E-state index in [-0.39, 0.29) is 33.2 Å². The fourth-order valence-electron chi connectivity index (χ4n) is 3.52. The van der Waals surface area contributed by atoms with Crippen molar-refractivity contribution in [2.24, 2.45) is 0 Å². The molecule has 0 fully saturated rings. The van der Waals surface area contributed by atoms with Crippen LogP contribution in [0.4, 0.5) is 17.6 Å². The van der Waals surface area contributed by atoms with Gasteiger partial charge in [-0.25, -0.2) is 4.39 Å². The molecule has 3 nitrogen and oxygen atoms in total. The summed E-state index contributed by atoms with van der Waals surface area (Å²) < 4.78 is 60.9. The normalized spacial score (nSPS) is 14.3. The van der Waals surface area contributed by atoms with Gasteiger partial charge in [0.2, 0.25) is 0 Å². The summed E-state index contributed by atoms with van der Waals surface area (Å²) >= 11 is 6.09. The SMILES string of the molecule is COc1ccc(F)cc1C(C)(C)CC(O)(Cc1ccc(C(C)=O)cc1Cl)C(F)(F)F. The van der Waals surface area contributed by atoms with Gasteiger partial charge in [-0.2, -0.15) is 13.2 Å². The average Bonchev–Trinajstić information content (AvgIpc) is 2.62. The van der Waals surface area contributed by atoms with Crippen LogP contribution in [0.2, 0.25) is 5.02 Å². The summed E-state index contributed by atoms with van der Waals surface area (Å²) in [4.78, 5) is 11.5. The number of ether oxygens (including phenoxy) is 1. The molecule has 0 saturated carbocycles. The Kier molecular flexibility index (Phi) is 6.89. The van der Waals surface area contributed by atoms with Gasteiger partial charge in [-0.1, -0.05) is 37.6 Å². The number of hydrogen-bond acceptors (Lipinski definition) is 3. The van der Waals surface area contributed by atoms with E-state index < -0.39 is 35.9 Å². The lowest BCUT2D eigenvalue weighted by atomic mass is 9.72. The van der Waals surface area contributed by atoms with Crippen LogP contribution in [0.1, 0.15) is 48.7 Å². The number of hydrogen-bond donors (Lipinski definition) is 1. The van der Waals surface area contributed by atoms with E-state index in [9.17, 15) is 27.5 Å². The van der Waals surface area contributed by atoms with Crippen LogP contribution >= 0.6 is 11.6 Å². The predicted octanol–water partition coefficient (Wildman–Crippen LogP) is 5.89. The van der Waals surface area contributed by atoms with E-state index in [0.29, 0.717) is 0 Å². The van der Waals surface area contributed by atoms with Crippen LogP contribution in [-0.4, -0.2) is 29.8 Å². The molecule has 0 aliphatic heterocycles. The van der Waals surface area contributed by atoms with Gasteiger partial charge in [-0.05, 0) is 48.6 Å². The van der Waals surface area contributed by atoms with E-state index in [4.69, 9.17) is 16.3 Å². The Morgan fingerprint density at radius 2 is 1.77 bits per heavy atom. The van der Waals surface area contributed by atoms with Gasteiger partial charge < -0.3 is 9.84 Å². The lowest BCUT2D eigenvalue weighted by Gasteiger charge is -2.38. The summed E-state index contributed by atoms with van der Waals surface area (Å²) in [6.07, 6.45) is -6.59. The lowest BCUT2D eigenvalue weighted by molar-refractivity contribution is -0.266. The number of methoxy groups -OCH3 is 1. The van der Waals surface area contributed by atoms with Gasteiger partial charge in [0.05, 0.1) is 7.11 Å². The maximum atomic E-state index is 14.0. The Labute approximate surface area is 177 Å². The molecule has 0 heterocycles. The molecule has 0 aromatic heterocycles. The Hall–Kier alpha value is -2.12. The topological polar surface area (TPSA) is 46.5 Å². The van der Waals surface area contributed by atoms with Gasteiger partial charge >= 0.3 is 6.18 Å². The van der Waals surface area contributed by atoms with Crippen molar-refractivity contribution < 1.29 is 32.2 Å². The molecule has 0 spiro atoms. The zero-order valence-electron chi connectivity index (χ0n) is 17.0. The Morgan fingerprint density at radius 3 is 2.27 bits per heavy atom. The third kappa shape index (κ3) is 5.13. The molecule has 164 valence electrons. The van der Waals surface area contributed by atoms with Crippen LogP contribution in [-0.2, 0) is 11.8 Å². The molecule has 0 amide bonds. The van der Waals surface area contributed by atoms with E-state index in [1.54, 1.807) is 0 Å². The van der Waals surface area contributed by atoms with Crippen molar-refractivity contribution in [1.82, 2.24) is 0 Å². The van der Waals surface area contributed by atoms with E-state index in [1.807, 2.05) is 0 Å². The van der Waals surface area contributed by atoms with Crippen LogP contribution < -0.4 is 4.74 Å². The first-order chi connectivity index (χ1) is 13.7. The smallest absolute Gasteiger partial charge is 0.417 e. The molecule has 1 atom stereocenters. The maximum Gasteiger partial charge on any atom is 0.417 e. The van der Waals surface area contributed by atoms with E-state index in [2.05, 4.69) is 0 Å². The average molecular weight is 447 g/mol. The van der Waals surface area contributed by atoms with Crippen molar-refractivity contribution in [1.29, 1.82) is 0 Å². The second kappa shape index (κ2) is 8.55. The summed E-state index contributed by atoms with van der Waals surface area (Å²) in [6, 6.07) is 7.51. The highest BCUT2D eigenvalue weighted by Gasteiger charge is 2.56. The van der Waals surface area contributed by atoms with Gasteiger partial charge in [-0.15, -0.1) is 0 Å². The molecule has 1 N–H and O–H groups in total. The minimum Gasteiger partial charge on any atom is -0.496 e. The van der Waals surface area contributed by atoms with Crippen LogP contribution in [0.25, 0.3) is 0 Å². The highest BCUT2D eigenvalue weighted by atomic mass is 35.5. The van der Waals surface area contributed by atoms with E-state index in [1.165, 1.54) is 52.1 Å². The van der Waals surface area contributed by atoms with Crippen molar-refractivity contribution in [2.45, 2.75) is 50.8 Å². The lowest BCUT2D eigenvalue weighted by Crippen LogP contribution is -2.51. The molecule has 0 aliphatic rings. The third-order valence-corrected chi connectivity index (χ3v) is 5.45. The quantitative estimate of drug-likeness (QED) is 0.426. The first-order valence-corrected chi connectivity index (χ1v) is 9.50. The number of Topliss-reactive ketones (excluding diaryl/α,β-unsaturated/α-hetero) is 1. The van der Waals surface area contributed by atoms with Crippen LogP contribution in [0.3, 0.4) is 0 Å². The van der Waals surface area contributed by atoms with Gasteiger partial charge in [-0.3, -0.25) is 4.79 Å². The maximum absolute atomic E-state index is 14.0. The number of benzene rings is 2. The minimum atomic E-state index is -4.99. The van der Waals surface area contributed by atoms with Crippen molar-refractivity contribution in [3.63, 3.8) is 0 Å². The summed E-state index contributed by atoms with van der Waals surface area (Å²) in [6.45, 7) is 4.26. The highest BCUT2D eigenvalue weighted by Crippen LogP contribution is 2.45. The van der Waals surface area contributed by atoms with Crippen LogP contribution in [0.5, 0.6) is 5.75 Å². The standard InChI is InChI=1S/C22H23ClF4O3/c1-13(28)14-5-6-15(18(23)9-14)11-21(29,22(25,26)27)12-20(2,3)17-10-16(24)7-8-19(17)30-4/h5-10,29H,11-12H2,1-4H3. The van der Waals surface area contributed by atoms with Gasteiger partial charge in [0.1, 0.15) is 11.6 Å². The Bertz CT molecular complexity index is 940. The molecular weight excluding hydrogens is 424 g/mol. The fourth-order valence-corrected chi connectivity index (χ4v) is 3.77. The summed E-state index contributed by atoms with van der Waals surface area (Å²) in [5, 5.41) is 10.7. The van der Waals surface area contributed by atoms with Crippen molar-refractivity contribution in [2.75, 3.05) is 7.11 Å². The van der Waals surface area contributed by atoms with Crippen molar-refractivity contribution >= 4 is 17.4 Å². The monoisotopic (exact) mass is 446 g/mol. The molecule has 0 radical (unpaired) electrons. The molecule has 8 heteroatoms. The second-order valence-corrected chi connectivity index (χ2v) is 8.38. The zero-order valence-corrected chi connectivity index (χ0v) is 17.8. The van der Waals surface area contributed by atoms with Gasteiger partial charge in [0.25, 0.3) is 0 Å². The molecule has 0 saturated heterocycles. The van der Waals surface area contributed by atoms with E-state index in [0.717, 1.165) is 12.1 Å². The van der Waals surface area contributed by atoms with Crippen molar-refractivity contribution in [3.05, 3.63) is 63.9 Å². The number of carbonyl (C=O) groups is 1. The highest BCUT2D eigenvalue weighted by molar-refractivity contribution is 6.31. The van der Waals surface area contributed by atoms with Crippen LogP contribution in [0.15, 0.2) is 36.4 Å². The number of halogens is 5. The van der Waals surface area contributed by atoms with Crippen LogP contribution in [0, 0.1) is 5.82 Å². The Balaban J connectivity index is 2.47. The third-order valence-electron chi connectivity index (χ3n) is 5.10. The minimum absolute atomic E-state index is 0.0449. The van der Waals surface area contributed by atoms with Gasteiger partial charge in [0, 0.05) is 22.6 Å². The van der Waals surface area contributed by atoms with Gasteiger partial charge in [0.15, 0.2) is 11.4 Å². The summed E-state index contributed by atoms with van der Waals surface area (Å²) in [5.74, 6) is -0.694. The molecule has 0 bridgehead atoms. The molecule has 2 aromatic carbocycles. The molecular formula is C22H23ClF4O3. The first-order valence-electron chi connectivity index (χ1n) is 9.13. The number of alkyl halides is 3. The molecule has 30 heavy (non-hydrogen) atoms. The molecule has 2 rings (SSSR count).